The number of aliphatic carboxylic acids is 1. The maximum Gasteiger partial charge on any atom is 0.121 e. The summed E-state index contributed by atoms with van der Waals surface area (Å²) in [5.74, 6) is -1.40. The summed E-state index contributed by atoms with van der Waals surface area (Å²) >= 11 is 0. The van der Waals surface area contributed by atoms with Gasteiger partial charge in [-0.25, -0.2) is 0 Å². The Bertz CT molecular complexity index is 385. The number of hydrogen-bond acceptors (Lipinski definition) is 3. The number of allylic oxidation sites excluding steroid dienone is 1. The van der Waals surface area contributed by atoms with E-state index in [1.807, 2.05) is 6.08 Å². The van der Waals surface area contributed by atoms with Gasteiger partial charge in [-0.2, -0.15) is 0 Å². The van der Waals surface area contributed by atoms with E-state index in [1.165, 1.54) is 25.7 Å². The number of aliphatic hydroxyl groups is 1. The molecular formula is C23H45NO3. The minimum Gasteiger partial charge on any atom is -0.550 e. The van der Waals surface area contributed by atoms with E-state index < -0.39 is 18.0 Å². The van der Waals surface area contributed by atoms with Gasteiger partial charge in [0.1, 0.15) is 12.6 Å². The number of hydrogen-bond donors (Lipinski definition) is 1. The summed E-state index contributed by atoms with van der Waals surface area (Å²) in [6, 6.07) is 0. The number of unbranched alkanes of at least 4 members (excludes halogenated alkanes) is 6. The lowest BCUT2D eigenvalue weighted by Gasteiger charge is -2.41. The van der Waals surface area contributed by atoms with Gasteiger partial charge in [0.2, 0.25) is 0 Å². The van der Waals surface area contributed by atoms with Crippen LogP contribution >= 0.6 is 0 Å². The zero-order chi connectivity index (χ0) is 20.5. The first-order valence-electron chi connectivity index (χ1n) is 11.3. The van der Waals surface area contributed by atoms with E-state index in [0.29, 0.717) is 13.0 Å². The van der Waals surface area contributed by atoms with Gasteiger partial charge in [-0.1, -0.05) is 65.5 Å². The molecule has 0 amide bonds. The lowest BCUT2D eigenvalue weighted by molar-refractivity contribution is -0.931. The highest BCUT2D eigenvalue weighted by Crippen LogP contribution is 2.19. The molecule has 4 heteroatoms. The summed E-state index contributed by atoms with van der Waals surface area (Å²) in [7, 11) is 0. The lowest BCUT2D eigenvalue weighted by Crippen LogP contribution is -2.54. The van der Waals surface area contributed by atoms with Crippen molar-refractivity contribution < 1.29 is 19.5 Å². The molecule has 160 valence electrons. The van der Waals surface area contributed by atoms with Crippen LogP contribution in [-0.4, -0.2) is 47.8 Å². The third kappa shape index (κ3) is 13.0. The number of aliphatic hydroxyl groups excluding tert-OH is 1. The second-order valence-electron chi connectivity index (χ2n) is 8.26. The summed E-state index contributed by atoms with van der Waals surface area (Å²) in [5.41, 5.74) is 0. The molecule has 0 rings (SSSR count). The second-order valence-corrected chi connectivity index (χ2v) is 8.26. The van der Waals surface area contributed by atoms with Gasteiger partial charge in [-0.15, -0.1) is 0 Å². The smallest absolute Gasteiger partial charge is 0.121 e. The van der Waals surface area contributed by atoms with Gasteiger partial charge < -0.3 is 19.5 Å². The van der Waals surface area contributed by atoms with Crippen molar-refractivity contribution in [1.29, 1.82) is 0 Å². The molecule has 4 nitrogen and oxygen atoms in total. The third-order valence-electron chi connectivity index (χ3n) is 5.57. The number of carboxylic acid groups (broad SMARTS) is 1. The summed E-state index contributed by atoms with van der Waals surface area (Å²) in [5, 5.41) is 21.8. The fraction of sp³-hybridized carbons (Fsp3) is 0.870. The van der Waals surface area contributed by atoms with Crippen LogP contribution in [0.5, 0.6) is 0 Å². The Morgan fingerprint density at radius 2 is 1.52 bits per heavy atom. The van der Waals surface area contributed by atoms with E-state index in [1.54, 1.807) is 6.92 Å². The third-order valence-corrected chi connectivity index (χ3v) is 5.57. The van der Waals surface area contributed by atoms with Crippen molar-refractivity contribution in [2.45, 2.75) is 98.0 Å². The number of carbonyl (C=O) groups is 1. The van der Waals surface area contributed by atoms with E-state index in [-0.39, 0.29) is 0 Å². The van der Waals surface area contributed by atoms with E-state index in [4.69, 9.17) is 0 Å². The number of rotatable bonds is 18. The lowest BCUT2D eigenvalue weighted by atomic mass is 10.0. The average molecular weight is 384 g/mol. The molecule has 0 saturated heterocycles. The highest BCUT2D eigenvalue weighted by molar-refractivity contribution is 5.66. The SMILES string of the molecule is CCCC/C=C/C(O)C[N+](CCCCC)(CCCCC)CCC(C)C(=O)[O-]. The van der Waals surface area contributed by atoms with Gasteiger partial charge in [-0.05, 0) is 32.1 Å². The first-order chi connectivity index (χ1) is 12.9. The monoisotopic (exact) mass is 383 g/mol. The van der Waals surface area contributed by atoms with Crippen LogP contribution in [0.4, 0.5) is 0 Å². The highest BCUT2D eigenvalue weighted by atomic mass is 16.4. The standard InChI is InChI=1S/C23H45NO3/c1-5-8-11-12-15-22(25)20-24(17-13-9-6-2,18-14-10-7-3)19-16-21(4)23(26)27/h12,15,21-22,25H,5-11,13-14,16-20H2,1-4H3/b15-12+. The maximum absolute atomic E-state index is 11.2. The largest absolute Gasteiger partial charge is 0.550 e. The van der Waals surface area contributed by atoms with Gasteiger partial charge >= 0.3 is 0 Å². The zero-order valence-corrected chi connectivity index (χ0v) is 18.4. The minimum absolute atomic E-state index is 0.433. The molecule has 0 aromatic carbocycles. The van der Waals surface area contributed by atoms with Crippen LogP contribution in [0.25, 0.3) is 0 Å². The summed E-state index contributed by atoms with van der Waals surface area (Å²) in [6.45, 7) is 11.9. The number of nitrogens with zero attached hydrogens (tertiary/aromatic N) is 1. The van der Waals surface area contributed by atoms with E-state index in [2.05, 4.69) is 26.8 Å². The topological polar surface area (TPSA) is 60.4 Å². The van der Waals surface area contributed by atoms with Crippen LogP contribution in [0.3, 0.4) is 0 Å². The van der Waals surface area contributed by atoms with Gasteiger partial charge in [0.05, 0.1) is 19.6 Å². The fourth-order valence-corrected chi connectivity index (χ4v) is 3.62. The molecule has 0 aliphatic carbocycles. The van der Waals surface area contributed by atoms with Crippen LogP contribution in [0.2, 0.25) is 0 Å². The van der Waals surface area contributed by atoms with Crippen molar-refractivity contribution in [3.63, 3.8) is 0 Å². The summed E-state index contributed by atoms with van der Waals surface area (Å²) in [4.78, 5) is 11.2. The van der Waals surface area contributed by atoms with E-state index >= 15 is 0 Å². The molecule has 0 aliphatic rings. The molecule has 0 bridgehead atoms. The van der Waals surface area contributed by atoms with Gasteiger partial charge in [0.25, 0.3) is 0 Å². The van der Waals surface area contributed by atoms with E-state index in [0.717, 1.165) is 56.2 Å². The molecule has 0 spiro atoms. The Morgan fingerprint density at radius 3 is 2.00 bits per heavy atom. The van der Waals surface area contributed by atoms with Crippen molar-refractivity contribution in [2.24, 2.45) is 5.92 Å². The Labute approximate surface area is 168 Å². The fourth-order valence-electron chi connectivity index (χ4n) is 3.62. The van der Waals surface area contributed by atoms with Crippen molar-refractivity contribution in [3.05, 3.63) is 12.2 Å². The number of carbonyl (C=O) groups excluding carboxylic acids is 1. The van der Waals surface area contributed by atoms with Crippen molar-refractivity contribution >= 4 is 5.97 Å². The predicted molar refractivity (Wildman–Crippen MR) is 112 cm³/mol. The van der Waals surface area contributed by atoms with Crippen molar-refractivity contribution in [2.75, 3.05) is 26.2 Å². The Balaban J connectivity index is 5.13. The molecule has 0 aromatic heterocycles. The van der Waals surface area contributed by atoms with Crippen molar-refractivity contribution in [3.8, 4) is 0 Å². The Hall–Kier alpha value is -0.870. The molecule has 2 unspecified atom stereocenters. The van der Waals surface area contributed by atoms with Crippen molar-refractivity contribution in [1.82, 2.24) is 0 Å². The number of carboxylic acids is 1. The second kappa shape index (κ2) is 16.1. The summed E-state index contributed by atoms with van der Waals surface area (Å²) in [6.07, 6.45) is 14.5. The summed E-state index contributed by atoms with van der Waals surface area (Å²) < 4.78 is 0.830. The molecule has 0 aliphatic heterocycles. The quantitative estimate of drug-likeness (QED) is 0.220. The van der Waals surface area contributed by atoms with Crippen LogP contribution in [0, 0.1) is 5.92 Å². The Morgan fingerprint density at radius 1 is 0.963 bits per heavy atom. The van der Waals surface area contributed by atoms with Gasteiger partial charge in [-0.3, -0.25) is 0 Å². The first kappa shape index (κ1) is 26.1. The van der Waals surface area contributed by atoms with Crippen LogP contribution in [0.15, 0.2) is 12.2 Å². The normalized spacial score (nSPS) is 14.6. The maximum atomic E-state index is 11.2. The first-order valence-corrected chi connectivity index (χ1v) is 11.3. The molecule has 0 radical (unpaired) electrons. The Kier molecular flexibility index (Phi) is 15.6. The molecule has 0 saturated carbocycles. The average Bonchev–Trinajstić information content (AvgIpc) is 2.63. The molecule has 0 fully saturated rings. The molecular weight excluding hydrogens is 338 g/mol. The molecule has 2 atom stereocenters. The molecule has 1 N–H and O–H groups in total. The number of quaternary nitrogens is 1. The zero-order valence-electron chi connectivity index (χ0n) is 18.4. The van der Waals surface area contributed by atoms with E-state index in [9.17, 15) is 15.0 Å². The van der Waals surface area contributed by atoms with Crippen LogP contribution in [0.1, 0.15) is 91.9 Å². The predicted octanol–water partition coefficient (Wildman–Crippen LogP) is 4.07. The minimum atomic E-state index is -0.963. The van der Waals surface area contributed by atoms with Crippen LogP contribution < -0.4 is 5.11 Å². The molecule has 27 heavy (non-hydrogen) atoms. The molecule has 0 heterocycles. The highest BCUT2D eigenvalue weighted by Gasteiger charge is 2.29. The van der Waals surface area contributed by atoms with Gasteiger partial charge in [0.15, 0.2) is 0 Å². The van der Waals surface area contributed by atoms with Gasteiger partial charge in [0, 0.05) is 18.3 Å². The van der Waals surface area contributed by atoms with Crippen LogP contribution in [-0.2, 0) is 4.79 Å². The molecule has 0 aromatic rings.